The Hall–Kier alpha value is -1.39. The van der Waals surface area contributed by atoms with Gasteiger partial charge in [-0.05, 0) is 18.8 Å². The molecule has 1 heterocycles. The van der Waals surface area contributed by atoms with E-state index in [0.717, 1.165) is 18.9 Å². The van der Waals surface area contributed by atoms with Crippen LogP contribution < -0.4 is 11.1 Å². The predicted octanol–water partition coefficient (Wildman–Crippen LogP) is 2.79. The van der Waals surface area contributed by atoms with Crippen molar-refractivity contribution in [2.75, 3.05) is 17.6 Å². The maximum absolute atomic E-state index is 13.2. The molecule has 0 atom stereocenters. The Morgan fingerprint density at radius 3 is 2.69 bits per heavy atom. The van der Waals surface area contributed by atoms with Crippen molar-refractivity contribution < 1.29 is 8.78 Å². The van der Waals surface area contributed by atoms with Crippen molar-refractivity contribution in [2.24, 2.45) is 5.92 Å². The molecule has 0 aromatic carbocycles. The number of pyridine rings is 1. The molecule has 1 aromatic heterocycles. The number of nitrogens with one attached hydrogen (secondary N) is 1. The monoisotopic (exact) mass is 229 g/mol. The Balaban J connectivity index is 2.51. The molecular weight excluding hydrogens is 212 g/mol. The van der Waals surface area contributed by atoms with E-state index in [0.29, 0.717) is 12.5 Å². The summed E-state index contributed by atoms with van der Waals surface area (Å²) in [5.41, 5.74) is 5.25. The van der Waals surface area contributed by atoms with Crippen LogP contribution in [0, 0.1) is 17.6 Å². The summed E-state index contributed by atoms with van der Waals surface area (Å²) in [5, 5.41) is 2.80. The maximum atomic E-state index is 13.2. The van der Waals surface area contributed by atoms with Crippen molar-refractivity contribution in [1.82, 2.24) is 4.98 Å². The first-order valence-electron chi connectivity index (χ1n) is 5.36. The van der Waals surface area contributed by atoms with Gasteiger partial charge in [-0.3, -0.25) is 0 Å². The van der Waals surface area contributed by atoms with Crippen LogP contribution in [-0.4, -0.2) is 11.5 Å². The van der Waals surface area contributed by atoms with Crippen LogP contribution in [0.3, 0.4) is 0 Å². The van der Waals surface area contributed by atoms with Crippen LogP contribution in [0.25, 0.3) is 0 Å². The van der Waals surface area contributed by atoms with E-state index in [1.807, 2.05) is 0 Å². The lowest BCUT2D eigenvalue weighted by Crippen LogP contribution is -2.08. The summed E-state index contributed by atoms with van der Waals surface area (Å²) in [6.07, 6.45) is 1.96. The summed E-state index contributed by atoms with van der Waals surface area (Å²) in [7, 11) is 0. The van der Waals surface area contributed by atoms with Crippen molar-refractivity contribution in [3.05, 3.63) is 17.7 Å². The topological polar surface area (TPSA) is 50.9 Å². The Morgan fingerprint density at radius 2 is 2.06 bits per heavy atom. The lowest BCUT2D eigenvalue weighted by Gasteiger charge is -2.08. The molecule has 90 valence electrons. The molecule has 1 rings (SSSR count). The van der Waals surface area contributed by atoms with E-state index in [1.54, 1.807) is 0 Å². The van der Waals surface area contributed by atoms with Crippen LogP contribution >= 0.6 is 0 Å². The van der Waals surface area contributed by atoms with E-state index in [4.69, 9.17) is 5.73 Å². The molecule has 3 nitrogen and oxygen atoms in total. The SMILES string of the molecule is CC(C)CCCNc1nc(N)c(F)cc1F. The van der Waals surface area contributed by atoms with Crippen molar-refractivity contribution in [1.29, 1.82) is 0 Å². The van der Waals surface area contributed by atoms with E-state index in [9.17, 15) is 8.78 Å². The van der Waals surface area contributed by atoms with Crippen molar-refractivity contribution in [2.45, 2.75) is 26.7 Å². The summed E-state index contributed by atoms with van der Waals surface area (Å²) < 4.78 is 26.0. The average Bonchev–Trinajstić information content (AvgIpc) is 2.19. The molecule has 0 aliphatic carbocycles. The molecular formula is C11H17F2N3. The minimum atomic E-state index is -0.828. The van der Waals surface area contributed by atoms with Gasteiger partial charge in [0.2, 0.25) is 0 Å². The zero-order valence-corrected chi connectivity index (χ0v) is 9.56. The normalized spacial score (nSPS) is 10.8. The molecule has 5 heteroatoms. The molecule has 0 saturated carbocycles. The van der Waals surface area contributed by atoms with Gasteiger partial charge in [0.1, 0.15) is 0 Å². The van der Waals surface area contributed by atoms with Crippen molar-refractivity contribution in [3.63, 3.8) is 0 Å². The second-order valence-electron chi connectivity index (χ2n) is 4.15. The van der Waals surface area contributed by atoms with Gasteiger partial charge in [0.05, 0.1) is 0 Å². The van der Waals surface area contributed by atoms with Crippen molar-refractivity contribution in [3.8, 4) is 0 Å². The number of nitrogens with two attached hydrogens (primary N) is 1. The first-order valence-corrected chi connectivity index (χ1v) is 5.36. The van der Waals surface area contributed by atoms with E-state index in [1.165, 1.54) is 0 Å². The van der Waals surface area contributed by atoms with Gasteiger partial charge >= 0.3 is 0 Å². The molecule has 0 unspecified atom stereocenters. The van der Waals surface area contributed by atoms with Gasteiger partial charge in [-0.25, -0.2) is 13.8 Å². The highest BCUT2D eigenvalue weighted by Crippen LogP contribution is 2.16. The molecule has 0 aliphatic heterocycles. The third-order valence-corrected chi connectivity index (χ3v) is 2.21. The first-order chi connectivity index (χ1) is 7.50. The number of halogens is 2. The Morgan fingerprint density at radius 1 is 1.38 bits per heavy atom. The van der Waals surface area contributed by atoms with Gasteiger partial charge in [0.15, 0.2) is 23.3 Å². The Kier molecular flexibility index (Phi) is 4.46. The molecule has 0 aliphatic rings. The number of rotatable bonds is 5. The predicted molar refractivity (Wildman–Crippen MR) is 61.1 cm³/mol. The maximum Gasteiger partial charge on any atom is 0.168 e. The molecule has 0 radical (unpaired) electrons. The van der Waals surface area contributed by atoms with Crippen LogP contribution in [0.15, 0.2) is 6.07 Å². The van der Waals surface area contributed by atoms with Crippen LogP contribution in [-0.2, 0) is 0 Å². The number of nitrogens with zero attached hydrogens (tertiary/aromatic N) is 1. The quantitative estimate of drug-likeness (QED) is 0.763. The molecule has 16 heavy (non-hydrogen) atoms. The Labute approximate surface area is 94.1 Å². The standard InChI is InChI=1S/C11H17F2N3/c1-7(2)4-3-5-15-11-9(13)6-8(12)10(14)16-11/h6-7H,3-5H2,1-2H3,(H3,14,15,16). The third-order valence-electron chi connectivity index (χ3n) is 2.21. The summed E-state index contributed by atoms with van der Waals surface area (Å²) >= 11 is 0. The average molecular weight is 229 g/mol. The van der Waals surface area contributed by atoms with Crippen molar-refractivity contribution >= 4 is 11.6 Å². The number of nitrogen functional groups attached to an aromatic ring is 1. The number of anilines is 2. The summed E-state index contributed by atoms with van der Waals surface area (Å²) in [4.78, 5) is 3.61. The summed E-state index contributed by atoms with van der Waals surface area (Å²) in [5.74, 6) is -1.20. The number of hydrogen-bond acceptors (Lipinski definition) is 3. The third kappa shape index (κ3) is 3.64. The second kappa shape index (κ2) is 5.63. The smallest absolute Gasteiger partial charge is 0.168 e. The highest BCUT2D eigenvalue weighted by atomic mass is 19.1. The van der Waals surface area contributed by atoms with E-state index >= 15 is 0 Å². The van der Waals surface area contributed by atoms with Crippen LogP contribution in [0.4, 0.5) is 20.4 Å². The van der Waals surface area contributed by atoms with Crippen LogP contribution in [0.5, 0.6) is 0 Å². The number of aromatic nitrogens is 1. The molecule has 0 bridgehead atoms. The Bertz CT molecular complexity index is 353. The molecule has 3 N–H and O–H groups in total. The van der Waals surface area contributed by atoms with Gasteiger partial charge < -0.3 is 11.1 Å². The molecule has 0 amide bonds. The molecule has 0 fully saturated rings. The summed E-state index contributed by atoms with van der Waals surface area (Å²) in [6, 6.07) is 0.743. The lowest BCUT2D eigenvalue weighted by atomic mass is 10.1. The lowest BCUT2D eigenvalue weighted by molar-refractivity contribution is 0.561. The minimum absolute atomic E-state index is 0.0163. The highest BCUT2D eigenvalue weighted by molar-refractivity contribution is 5.44. The zero-order valence-electron chi connectivity index (χ0n) is 9.56. The van der Waals surface area contributed by atoms with Crippen LogP contribution in [0.1, 0.15) is 26.7 Å². The van der Waals surface area contributed by atoms with Gasteiger partial charge in [-0.2, -0.15) is 0 Å². The van der Waals surface area contributed by atoms with Gasteiger partial charge in [-0.15, -0.1) is 0 Å². The molecule has 0 spiro atoms. The highest BCUT2D eigenvalue weighted by Gasteiger charge is 2.08. The summed E-state index contributed by atoms with van der Waals surface area (Å²) in [6.45, 7) is 4.84. The fourth-order valence-electron chi connectivity index (χ4n) is 1.32. The zero-order chi connectivity index (χ0) is 12.1. The van der Waals surface area contributed by atoms with Gasteiger partial charge in [0.25, 0.3) is 0 Å². The van der Waals surface area contributed by atoms with Gasteiger partial charge in [-0.1, -0.05) is 13.8 Å². The minimum Gasteiger partial charge on any atom is -0.381 e. The number of hydrogen-bond donors (Lipinski definition) is 2. The fraction of sp³-hybridized carbons (Fsp3) is 0.545. The molecule has 1 aromatic rings. The van der Waals surface area contributed by atoms with E-state index < -0.39 is 11.6 Å². The van der Waals surface area contributed by atoms with E-state index in [-0.39, 0.29) is 11.6 Å². The van der Waals surface area contributed by atoms with Gasteiger partial charge in [0, 0.05) is 12.6 Å². The first kappa shape index (κ1) is 12.7. The fourth-order valence-corrected chi connectivity index (χ4v) is 1.32. The largest absolute Gasteiger partial charge is 0.381 e. The van der Waals surface area contributed by atoms with Crippen LogP contribution in [0.2, 0.25) is 0 Å². The molecule has 0 saturated heterocycles. The van der Waals surface area contributed by atoms with E-state index in [2.05, 4.69) is 24.1 Å². The second-order valence-corrected chi connectivity index (χ2v) is 4.15.